The molecule has 1 aromatic heterocycles. The molecule has 1 atom stereocenters. The number of alkyl halides is 3. The summed E-state index contributed by atoms with van der Waals surface area (Å²) in [5, 5.41) is 4.23. The minimum absolute atomic E-state index is 0.0512. The lowest BCUT2D eigenvalue weighted by Crippen LogP contribution is -2.53. The van der Waals surface area contributed by atoms with E-state index < -0.39 is 29.0 Å². The summed E-state index contributed by atoms with van der Waals surface area (Å²) < 4.78 is 43.0. The van der Waals surface area contributed by atoms with E-state index in [1.165, 1.54) is 22.9 Å². The van der Waals surface area contributed by atoms with Gasteiger partial charge in [-0.15, -0.1) is 0 Å². The fourth-order valence-electron chi connectivity index (χ4n) is 5.91. The third-order valence-electron chi connectivity index (χ3n) is 7.83. The van der Waals surface area contributed by atoms with Crippen LogP contribution in [0.3, 0.4) is 0 Å². The standard InChI is InChI=1S/C29H25F3N4O2/c1-34-24-11-9-20(29(30,31)32)17-25(24)36(21-6-4-3-5-7-21)27(38)28(26(34)37)14-12-18-16-19(8-10-22(18)28)23-13-15-33-35(23)2/h4,6-11,13,15-17H,3,5,12,14H2,1-2H3. The fourth-order valence-corrected chi connectivity index (χ4v) is 5.91. The van der Waals surface area contributed by atoms with Crippen molar-refractivity contribution in [3.63, 3.8) is 0 Å². The molecule has 3 aliphatic rings. The van der Waals surface area contributed by atoms with Crippen molar-refractivity contribution in [3.8, 4) is 11.3 Å². The molecular formula is C29H25F3N4O2. The molecule has 2 aliphatic carbocycles. The SMILES string of the molecule is CN1C(=O)C2(CCc3cc(-c4ccnn4C)ccc32)C(=O)N(C2=CCCC=C2)c2cc(C(F)(F)F)ccc21. The highest BCUT2D eigenvalue weighted by atomic mass is 19.4. The molecule has 6 rings (SSSR count). The van der Waals surface area contributed by atoms with Crippen LogP contribution < -0.4 is 9.80 Å². The molecular weight excluding hydrogens is 493 g/mol. The number of likely N-dealkylation sites (N-methyl/N-ethyl adjacent to an activating group) is 1. The van der Waals surface area contributed by atoms with Crippen LogP contribution in [0, 0.1) is 0 Å². The number of amides is 2. The Hall–Kier alpha value is -4.14. The van der Waals surface area contributed by atoms with Gasteiger partial charge in [0.15, 0.2) is 5.41 Å². The number of aromatic nitrogens is 2. The van der Waals surface area contributed by atoms with Gasteiger partial charge in [0.25, 0.3) is 5.91 Å². The second-order valence-corrected chi connectivity index (χ2v) is 9.93. The molecule has 1 aliphatic heterocycles. The topological polar surface area (TPSA) is 58.4 Å². The van der Waals surface area contributed by atoms with E-state index in [4.69, 9.17) is 0 Å². The number of fused-ring (bicyclic) bond motifs is 3. The monoisotopic (exact) mass is 518 g/mol. The average molecular weight is 519 g/mol. The molecule has 38 heavy (non-hydrogen) atoms. The van der Waals surface area contributed by atoms with Crippen LogP contribution in [-0.2, 0) is 34.6 Å². The molecule has 6 nitrogen and oxygen atoms in total. The van der Waals surface area contributed by atoms with Crippen molar-refractivity contribution in [2.24, 2.45) is 7.05 Å². The zero-order valence-electron chi connectivity index (χ0n) is 20.9. The number of nitrogens with zero attached hydrogens (tertiary/aromatic N) is 4. The van der Waals surface area contributed by atoms with E-state index in [1.54, 1.807) is 17.0 Å². The Bertz CT molecular complexity index is 1550. The van der Waals surface area contributed by atoms with Gasteiger partial charge in [-0.2, -0.15) is 18.3 Å². The molecule has 0 fully saturated rings. The first kappa shape index (κ1) is 24.2. The molecule has 1 unspecified atom stereocenters. The van der Waals surface area contributed by atoms with Crippen molar-refractivity contribution in [3.05, 3.63) is 89.3 Å². The van der Waals surface area contributed by atoms with Crippen molar-refractivity contribution in [1.82, 2.24) is 9.78 Å². The summed E-state index contributed by atoms with van der Waals surface area (Å²) in [7, 11) is 3.37. The van der Waals surface area contributed by atoms with Crippen LogP contribution in [0.4, 0.5) is 24.5 Å². The number of carbonyl (C=O) groups is 2. The lowest BCUT2D eigenvalue weighted by Gasteiger charge is -2.33. The van der Waals surface area contributed by atoms with E-state index in [0.717, 1.165) is 35.4 Å². The van der Waals surface area contributed by atoms with Crippen LogP contribution >= 0.6 is 0 Å². The van der Waals surface area contributed by atoms with Crippen LogP contribution in [0.1, 0.15) is 36.0 Å². The lowest BCUT2D eigenvalue weighted by atomic mass is 9.78. The number of hydrogen-bond acceptors (Lipinski definition) is 3. The predicted octanol–water partition coefficient (Wildman–Crippen LogP) is 5.53. The number of anilines is 2. The highest BCUT2D eigenvalue weighted by Gasteiger charge is 2.57. The van der Waals surface area contributed by atoms with E-state index >= 15 is 0 Å². The van der Waals surface area contributed by atoms with Gasteiger partial charge in [-0.1, -0.05) is 24.3 Å². The quantitative estimate of drug-likeness (QED) is 0.419. The Morgan fingerprint density at radius 2 is 1.76 bits per heavy atom. The van der Waals surface area contributed by atoms with Crippen LogP contribution in [0.2, 0.25) is 0 Å². The van der Waals surface area contributed by atoms with Gasteiger partial charge in [0.1, 0.15) is 0 Å². The maximum atomic E-state index is 14.6. The normalized spacial score (nSPS) is 21.0. The number of carbonyl (C=O) groups excluding carboxylic acids is 2. The number of halogens is 3. The molecule has 2 aromatic carbocycles. The first-order valence-electron chi connectivity index (χ1n) is 12.5. The maximum Gasteiger partial charge on any atom is 0.416 e. The van der Waals surface area contributed by atoms with Gasteiger partial charge >= 0.3 is 6.18 Å². The number of benzene rings is 2. The summed E-state index contributed by atoms with van der Waals surface area (Å²) in [6.07, 6.45) is 4.70. The van der Waals surface area contributed by atoms with E-state index in [2.05, 4.69) is 5.10 Å². The minimum Gasteiger partial charge on any atom is -0.312 e. The molecule has 194 valence electrons. The molecule has 2 heterocycles. The van der Waals surface area contributed by atoms with Gasteiger partial charge in [0.05, 0.1) is 22.6 Å². The van der Waals surface area contributed by atoms with Crippen molar-refractivity contribution in [2.75, 3.05) is 16.8 Å². The Morgan fingerprint density at radius 3 is 2.45 bits per heavy atom. The average Bonchev–Trinajstić information content (AvgIpc) is 3.50. The van der Waals surface area contributed by atoms with E-state index in [1.807, 2.05) is 43.5 Å². The molecule has 0 saturated carbocycles. The van der Waals surface area contributed by atoms with E-state index in [-0.39, 0.29) is 17.8 Å². The third-order valence-corrected chi connectivity index (χ3v) is 7.83. The second-order valence-electron chi connectivity index (χ2n) is 9.93. The smallest absolute Gasteiger partial charge is 0.312 e. The van der Waals surface area contributed by atoms with Gasteiger partial charge in [0.2, 0.25) is 5.91 Å². The maximum absolute atomic E-state index is 14.6. The van der Waals surface area contributed by atoms with Crippen molar-refractivity contribution in [2.45, 2.75) is 37.3 Å². The summed E-state index contributed by atoms with van der Waals surface area (Å²) in [5.41, 5.74) is 1.63. The summed E-state index contributed by atoms with van der Waals surface area (Å²) in [4.78, 5) is 31.4. The molecule has 3 aromatic rings. The molecule has 2 amide bonds. The Morgan fingerprint density at radius 1 is 0.947 bits per heavy atom. The largest absolute Gasteiger partial charge is 0.416 e. The van der Waals surface area contributed by atoms with Gasteiger partial charge in [-0.3, -0.25) is 19.2 Å². The summed E-state index contributed by atoms with van der Waals surface area (Å²) >= 11 is 0. The minimum atomic E-state index is -4.60. The number of allylic oxidation sites excluding steroid dienone is 3. The Balaban J connectivity index is 1.56. The van der Waals surface area contributed by atoms with E-state index in [0.29, 0.717) is 24.1 Å². The fraction of sp³-hybridized carbons (Fsp3) is 0.276. The van der Waals surface area contributed by atoms with Crippen molar-refractivity contribution in [1.29, 1.82) is 0 Å². The molecule has 9 heteroatoms. The van der Waals surface area contributed by atoms with Crippen LogP contribution in [-0.4, -0.2) is 28.6 Å². The van der Waals surface area contributed by atoms with E-state index in [9.17, 15) is 22.8 Å². The highest BCUT2D eigenvalue weighted by molar-refractivity contribution is 6.26. The summed E-state index contributed by atoms with van der Waals surface area (Å²) in [5.74, 6) is -0.976. The molecule has 0 radical (unpaired) electrons. The second kappa shape index (κ2) is 8.44. The van der Waals surface area contributed by atoms with Gasteiger partial charge in [-0.05, 0) is 73.2 Å². The van der Waals surface area contributed by atoms with Crippen LogP contribution in [0.5, 0.6) is 0 Å². The van der Waals surface area contributed by atoms with Crippen molar-refractivity contribution < 1.29 is 22.8 Å². The summed E-state index contributed by atoms with van der Waals surface area (Å²) in [6.45, 7) is 0. The molecule has 0 bridgehead atoms. The number of rotatable bonds is 2. The van der Waals surface area contributed by atoms with Crippen LogP contribution in [0.25, 0.3) is 11.3 Å². The van der Waals surface area contributed by atoms with Crippen molar-refractivity contribution >= 4 is 23.2 Å². The predicted molar refractivity (Wildman–Crippen MR) is 137 cm³/mol. The van der Waals surface area contributed by atoms with Gasteiger partial charge in [0, 0.05) is 31.6 Å². The zero-order valence-corrected chi connectivity index (χ0v) is 20.9. The Kier molecular flexibility index (Phi) is 5.38. The molecule has 0 N–H and O–H groups in total. The summed E-state index contributed by atoms with van der Waals surface area (Å²) in [6, 6.07) is 10.8. The molecule has 0 saturated heterocycles. The lowest BCUT2D eigenvalue weighted by molar-refractivity contribution is -0.138. The first-order chi connectivity index (χ1) is 18.1. The third kappa shape index (κ3) is 3.44. The van der Waals surface area contributed by atoms with Gasteiger partial charge in [-0.25, -0.2) is 0 Å². The zero-order chi connectivity index (χ0) is 26.8. The molecule has 1 spiro atoms. The first-order valence-corrected chi connectivity index (χ1v) is 12.5. The van der Waals surface area contributed by atoms with Crippen LogP contribution in [0.15, 0.2) is 72.6 Å². The van der Waals surface area contributed by atoms with Gasteiger partial charge < -0.3 is 4.90 Å². The number of aryl methyl sites for hydroxylation is 2. The highest BCUT2D eigenvalue weighted by Crippen LogP contribution is 2.50. The Labute approximate surface area is 217 Å². The number of hydrogen-bond donors (Lipinski definition) is 0.